The molecule has 0 radical (unpaired) electrons. The Balaban J connectivity index is 1.74. The largest absolute Gasteiger partial charge is 0.461 e. The number of amides is 1. The van der Waals surface area contributed by atoms with Crippen LogP contribution >= 0.6 is 0 Å². The summed E-state index contributed by atoms with van der Waals surface area (Å²) in [5.74, 6) is -0.571. The minimum absolute atomic E-state index is 0.0751. The monoisotopic (exact) mass is 248 g/mol. The van der Waals surface area contributed by atoms with E-state index >= 15 is 0 Å². The fourth-order valence-electron chi connectivity index (χ4n) is 1.52. The van der Waals surface area contributed by atoms with Gasteiger partial charge in [0.25, 0.3) is 0 Å². The van der Waals surface area contributed by atoms with Gasteiger partial charge in [-0.05, 0) is 25.0 Å². The van der Waals surface area contributed by atoms with Crippen LogP contribution in [0.2, 0.25) is 0 Å². The third-order valence-electron chi connectivity index (χ3n) is 2.69. The molecule has 0 unspecified atom stereocenters. The summed E-state index contributed by atoms with van der Waals surface area (Å²) in [5, 5.41) is 2.82. The lowest BCUT2D eigenvalue weighted by Gasteiger charge is -2.07. The second kappa shape index (κ2) is 5.53. The van der Waals surface area contributed by atoms with Gasteiger partial charge in [0.1, 0.15) is 6.61 Å². The van der Waals surface area contributed by atoms with Crippen molar-refractivity contribution in [3.8, 4) is 0 Å². The highest BCUT2D eigenvalue weighted by molar-refractivity contribution is 5.95. The van der Waals surface area contributed by atoms with Crippen LogP contribution in [0.4, 0.5) is 5.69 Å². The molecule has 1 aliphatic rings. The fourth-order valence-corrected chi connectivity index (χ4v) is 1.52. The van der Waals surface area contributed by atoms with Gasteiger partial charge in [0.05, 0.1) is 12.0 Å². The number of carbonyl (C=O) groups is 2. The van der Waals surface area contributed by atoms with E-state index in [0.29, 0.717) is 17.3 Å². The molecule has 0 saturated heterocycles. The number of nitrogen functional groups attached to an aromatic ring is 1. The molecule has 96 valence electrons. The lowest BCUT2D eigenvalue weighted by atomic mass is 10.2. The van der Waals surface area contributed by atoms with Gasteiger partial charge in [0, 0.05) is 11.7 Å². The van der Waals surface area contributed by atoms with Crippen molar-refractivity contribution >= 4 is 17.6 Å². The SMILES string of the molecule is Nc1ccccc1C(=O)OCCC(=O)NC1CC1. The van der Waals surface area contributed by atoms with Crippen LogP contribution in [0.3, 0.4) is 0 Å². The third-order valence-corrected chi connectivity index (χ3v) is 2.69. The molecule has 0 heterocycles. The summed E-state index contributed by atoms with van der Waals surface area (Å²) in [7, 11) is 0. The van der Waals surface area contributed by atoms with Gasteiger partial charge in [0.15, 0.2) is 0 Å². The van der Waals surface area contributed by atoms with Crippen LogP contribution in [-0.4, -0.2) is 24.5 Å². The second-order valence-corrected chi connectivity index (χ2v) is 4.31. The Bertz CT molecular complexity index is 455. The quantitative estimate of drug-likeness (QED) is 0.603. The van der Waals surface area contributed by atoms with Crippen molar-refractivity contribution in [1.82, 2.24) is 5.32 Å². The molecule has 1 aromatic carbocycles. The smallest absolute Gasteiger partial charge is 0.340 e. The highest BCUT2D eigenvalue weighted by Crippen LogP contribution is 2.18. The van der Waals surface area contributed by atoms with Crippen molar-refractivity contribution in [3.63, 3.8) is 0 Å². The average molecular weight is 248 g/mol. The van der Waals surface area contributed by atoms with E-state index in [4.69, 9.17) is 10.5 Å². The molecular formula is C13H16N2O3. The number of rotatable bonds is 5. The maximum atomic E-state index is 11.6. The number of esters is 1. The van der Waals surface area contributed by atoms with Crippen LogP contribution in [0.1, 0.15) is 29.6 Å². The van der Waals surface area contributed by atoms with Gasteiger partial charge in [-0.25, -0.2) is 4.79 Å². The van der Waals surface area contributed by atoms with Crippen LogP contribution in [0.15, 0.2) is 24.3 Å². The van der Waals surface area contributed by atoms with Crippen molar-refractivity contribution in [3.05, 3.63) is 29.8 Å². The number of benzene rings is 1. The predicted octanol–water partition coefficient (Wildman–Crippen LogP) is 1.09. The number of ether oxygens (including phenoxy) is 1. The van der Waals surface area contributed by atoms with Crippen molar-refractivity contribution < 1.29 is 14.3 Å². The molecule has 3 N–H and O–H groups in total. The van der Waals surface area contributed by atoms with E-state index in [9.17, 15) is 9.59 Å². The first-order valence-electron chi connectivity index (χ1n) is 5.98. The Morgan fingerprint density at radius 1 is 1.33 bits per heavy atom. The topological polar surface area (TPSA) is 81.4 Å². The summed E-state index contributed by atoms with van der Waals surface area (Å²) in [6, 6.07) is 7.03. The molecule has 1 saturated carbocycles. The number of para-hydroxylation sites is 1. The maximum Gasteiger partial charge on any atom is 0.340 e. The zero-order valence-electron chi connectivity index (χ0n) is 10.0. The normalized spacial score (nSPS) is 14.0. The first kappa shape index (κ1) is 12.4. The molecular weight excluding hydrogens is 232 g/mol. The number of carbonyl (C=O) groups excluding carboxylic acids is 2. The van der Waals surface area contributed by atoms with Crippen LogP contribution in [0.5, 0.6) is 0 Å². The molecule has 5 nitrogen and oxygen atoms in total. The van der Waals surface area contributed by atoms with Gasteiger partial charge < -0.3 is 15.8 Å². The third kappa shape index (κ3) is 3.48. The lowest BCUT2D eigenvalue weighted by Crippen LogP contribution is -2.26. The highest BCUT2D eigenvalue weighted by Gasteiger charge is 2.23. The average Bonchev–Trinajstić information content (AvgIpc) is 3.13. The Labute approximate surface area is 105 Å². The fraction of sp³-hybridized carbons (Fsp3) is 0.385. The summed E-state index contributed by atoms with van der Waals surface area (Å²) in [6.07, 6.45) is 2.28. The van der Waals surface area contributed by atoms with E-state index < -0.39 is 5.97 Å². The molecule has 0 aromatic heterocycles. The van der Waals surface area contributed by atoms with Gasteiger partial charge in [-0.2, -0.15) is 0 Å². The number of nitrogens with two attached hydrogens (primary N) is 1. The maximum absolute atomic E-state index is 11.6. The summed E-state index contributed by atoms with van der Waals surface area (Å²) < 4.78 is 5.00. The molecule has 2 rings (SSSR count). The van der Waals surface area contributed by atoms with Gasteiger partial charge in [-0.3, -0.25) is 4.79 Å². The predicted molar refractivity (Wildman–Crippen MR) is 66.9 cm³/mol. The zero-order chi connectivity index (χ0) is 13.0. The Morgan fingerprint density at radius 2 is 2.06 bits per heavy atom. The summed E-state index contributed by atoms with van der Waals surface area (Å²) in [5.41, 5.74) is 6.36. The number of hydrogen-bond donors (Lipinski definition) is 2. The van der Waals surface area contributed by atoms with Crippen molar-refractivity contribution in [2.45, 2.75) is 25.3 Å². The second-order valence-electron chi connectivity index (χ2n) is 4.31. The molecule has 0 bridgehead atoms. The molecule has 1 fully saturated rings. The van der Waals surface area contributed by atoms with E-state index in [1.165, 1.54) is 0 Å². The summed E-state index contributed by atoms with van der Waals surface area (Å²) in [4.78, 5) is 23.0. The molecule has 18 heavy (non-hydrogen) atoms. The number of hydrogen-bond acceptors (Lipinski definition) is 4. The van der Waals surface area contributed by atoms with Crippen LogP contribution in [-0.2, 0) is 9.53 Å². The van der Waals surface area contributed by atoms with Crippen LogP contribution in [0.25, 0.3) is 0 Å². The first-order chi connectivity index (χ1) is 8.66. The molecule has 5 heteroatoms. The van der Waals surface area contributed by atoms with Gasteiger partial charge in [0.2, 0.25) is 5.91 Å². The van der Waals surface area contributed by atoms with E-state index in [0.717, 1.165) is 12.8 Å². The van der Waals surface area contributed by atoms with Crippen molar-refractivity contribution in [2.75, 3.05) is 12.3 Å². The standard InChI is InChI=1S/C13H16N2O3/c14-11-4-2-1-3-10(11)13(17)18-8-7-12(16)15-9-5-6-9/h1-4,9H,5-8,14H2,(H,15,16). The minimum Gasteiger partial charge on any atom is -0.461 e. The molecule has 0 spiro atoms. The molecule has 1 aromatic rings. The van der Waals surface area contributed by atoms with E-state index in [2.05, 4.69) is 5.32 Å². The molecule has 1 amide bonds. The Hall–Kier alpha value is -2.04. The van der Waals surface area contributed by atoms with Gasteiger partial charge in [-0.1, -0.05) is 12.1 Å². The zero-order valence-corrected chi connectivity index (χ0v) is 10.0. The van der Waals surface area contributed by atoms with E-state index in [1.54, 1.807) is 24.3 Å². The van der Waals surface area contributed by atoms with Gasteiger partial charge >= 0.3 is 5.97 Å². The van der Waals surface area contributed by atoms with Crippen LogP contribution < -0.4 is 11.1 Å². The summed E-state index contributed by atoms with van der Waals surface area (Å²) in [6.45, 7) is 0.0751. The van der Waals surface area contributed by atoms with Gasteiger partial charge in [-0.15, -0.1) is 0 Å². The van der Waals surface area contributed by atoms with Crippen LogP contribution in [0, 0.1) is 0 Å². The highest BCUT2D eigenvalue weighted by atomic mass is 16.5. The van der Waals surface area contributed by atoms with Crippen molar-refractivity contribution in [2.24, 2.45) is 0 Å². The van der Waals surface area contributed by atoms with Crippen molar-refractivity contribution in [1.29, 1.82) is 0 Å². The molecule has 0 atom stereocenters. The Morgan fingerprint density at radius 3 is 2.72 bits per heavy atom. The van der Waals surface area contributed by atoms with E-state index in [1.807, 2.05) is 0 Å². The first-order valence-corrected chi connectivity index (χ1v) is 5.98. The molecule has 0 aliphatic heterocycles. The number of anilines is 1. The lowest BCUT2D eigenvalue weighted by molar-refractivity contribution is -0.121. The van der Waals surface area contributed by atoms with E-state index in [-0.39, 0.29) is 18.9 Å². The summed E-state index contributed by atoms with van der Waals surface area (Å²) >= 11 is 0. The number of nitrogens with one attached hydrogen (secondary N) is 1. The minimum atomic E-state index is -0.493. The molecule has 1 aliphatic carbocycles. The Kier molecular flexibility index (Phi) is 3.82.